The molecule has 1 aromatic heterocycles. The molecule has 2 aromatic carbocycles. The highest BCUT2D eigenvalue weighted by Crippen LogP contribution is 2.15. The van der Waals surface area contributed by atoms with Crippen molar-refractivity contribution in [1.29, 1.82) is 0 Å². The van der Waals surface area contributed by atoms with Crippen LogP contribution in [0.3, 0.4) is 0 Å². The number of halogens is 1. The molecule has 1 heterocycles. The Morgan fingerprint density at radius 3 is 2.52 bits per heavy atom. The molecule has 0 fully saturated rings. The molecule has 136 valence electrons. The maximum atomic E-state index is 13.7. The number of rotatable bonds is 6. The van der Waals surface area contributed by atoms with Crippen molar-refractivity contribution >= 4 is 23.1 Å². The van der Waals surface area contributed by atoms with Gasteiger partial charge in [0, 0.05) is 35.8 Å². The average molecular weight is 363 g/mol. The maximum absolute atomic E-state index is 13.7. The van der Waals surface area contributed by atoms with Crippen molar-refractivity contribution < 1.29 is 14.0 Å². The maximum Gasteiger partial charge on any atom is 0.257 e. The van der Waals surface area contributed by atoms with Gasteiger partial charge in [-0.25, -0.2) is 4.39 Å². The Hall–Kier alpha value is -3.54. The molecular formula is C21H18FN3O2. The SMILES string of the molecule is CC(=O)c1cccc(NC(=O)c2cncc(NCc3ccccc3F)c2)c1. The lowest BCUT2D eigenvalue weighted by Crippen LogP contribution is -2.13. The van der Waals surface area contributed by atoms with Gasteiger partial charge in [-0.3, -0.25) is 14.6 Å². The zero-order valence-electron chi connectivity index (χ0n) is 14.7. The highest BCUT2D eigenvalue weighted by Gasteiger charge is 2.09. The Bertz CT molecular complexity index is 988. The van der Waals surface area contributed by atoms with Gasteiger partial charge in [-0.2, -0.15) is 0 Å². The smallest absolute Gasteiger partial charge is 0.257 e. The van der Waals surface area contributed by atoms with Gasteiger partial charge in [0.2, 0.25) is 0 Å². The number of hydrogen-bond acceptors (Lipinski definition) is 4. The van der Waals surface area contributed by atoms with Gasteiger partial charge in [0.1, 0.15) is 5.82 Å². The fraction of sp³-hybridized carbons (Fsp3) is 0.0952. The van der Waals surface area contributed by atoms with Crippen molar-refractivity contribution in [3.8, 4) is 0 Å². The number of nitrogens with zero attached hydrogens (tertiary/aromatic N) is 1. The number of carbonyl (C=O) groups is 2. The summed E-state index contributed by atoms with van der Waals surface area (Å²) in [7, 11) is 0. The van der Waals surface area contributed by atoms with Crippen LogP contribution in [-0.4, -0.2) is 16.7 Å². The molecule has 2 N–H and O–H groups in total. The summed E-state index contributed by atoms with van der Waals surface area (Å²) >= 11 is 0. The topological polar surface area (TPSA) is 71.1 Å². The number of pyridine rings is 1. The number of hydrogen-bond donors (Lipinski definition) is 2. The van der Waals surface area contributed by atoms with E-state index in [1.807, 2.05) is 0 Å². The lowest BCUT2D eigenvalue weighted by Gasteiger charge is -2.10. The molecule has 0 atom stereocenters. The van der Waals surface area contributed by atoms with Gasteiger partial charge >= 0.3 is 0 Å². The number of anilines is 2. The Labute approximate surface area is 156 Å². The molecule has 3 aromatic rings. The molecule has 0 unspecified atom stereocenters. The summed E-state index contributed by atoms with van der Waals surface area (Å²) in [5, 5.41) is 5.80. The Balaban J connectivity index is 1.69. The summed E-state index contributed by atoms with van der Waals surface area (Å²) in [5.74, 6) is -0.720. The molecule has 0 spiro atoms. The first kappa shape index (κ1) is 18.3. The second-order valence-corrected chi connectivity index (χ2v) is 6.00. The highest BCUT2D eigenvalue weighted by atomic mass is 19.1. The van der Waals surface area contributed by atoms with E-state index in [1.165, 1.54) is 19.2 Å². The van der Waals surface area contributed by atoms with Crippen molar-refractivity contribution in [3.63, 3.8) is 0 Å². The van der Waals surface area contributed by atoms with E-state index < -0.39 is 0 Å². The summed E-state index contributed by atoms with van der Waals surface area (Å²) in [6, 6.07) is 14.8. The van der Waals surface area contributed by atoms with Crippen LogP contribution in [0.15, 0.2) is 67.0 Å². The summed E-state index contributed by atoms with van der Waals surface area (Å²) in [6.45, 7) is 1.75. The van der Waals surface area contributed by atoms with Gasteiger partial charge in [0.05, 0.1) is 11.3 Å². The number of amides is 1. The lowest BCUT2D eigenvalue weighted by atomic mass is 10.1. The molecule has 0 bridgehead atoms. The number of ketones is 1. The van der Waals surface area contributed by atoms with E-state index in [2.05, 4.69) is 15.6 Å². The molecule has 27 heavy (non-hydrogen) atoms. The van der Waals surface area contributed by atoms with Gasteiger partial charge < -0.3 is 10.6 Å². The summed E-state index contributed by atoms with van der Waals surface area (Å²) in [6.07, 6.45) is 3.01. The van der Waals surface area contributed by atoms with Crippen molar-refractivity contribution in [1.82, 2.24) is 4.98 Å². The van der Waals surface area contributed by atoms with E-state index in [4.69, 9.17) is 0 Å². The van der Waals surface area contributed by atoms with Crippen LogP contribution >= 0.6 is 0 Å². The first-order valence-corrected chi connectivity index (χ1v) is 8.37. The van der Waals surface area contributed by atoms with Crippen molar-refractivity contribution in [2.24, 2.45) is 0 Å². The van der Waals surface area contributed by atoms with Gasteiger partial charge in [-0.1, -0.05) is 30.3 Å². The summed E-state index contributed by atoms with van der Waals surface area (Å²) in [5.41, 5.74) is 2.52. The zero-order valence-corrected chi connectivity index (χ0v) is 14.7. The lowest BCUT2D eigenvalue weighted by molar-refractivity contribution is 0.101. The zero-order chi connectivity index (χ0) is 19.2. The molecule has 0 aliphatic rings. The fourth-order valence-corrected chi connectivity index (χ4v) is 2.52. The first-order chi connectivity index (χ1) is 13.0. The normalized spacial score (nSPS) is 10.3. The molecule has 0 aliphatic carbocycles. The van der Waals surface area contributed by atoms with E-state index in [9.17, 15) is 14.0 Å². The van der Waals surface area contributed by atoms with Crippen molar-refractivity contribution in [3.05, 3.63) is 89.5 Å². The van der Waals surface area contributed by atoms with Crippen LogP contribution in [0.1, 0.15) is 33.2 Å². The molecular weight excluding hydrogens is 345 g/mol. The van der Waals surface area contributed by atoms with E-state index in [-0.39, 0.29) is 24.1 Å². The largest absolute Gasteiger partial charge is 0.380 e. The Morgan fingerprint density at radius 2 is 1.74 bits per heavy atom. The standard InChI is InChI=1S/C21H18FN3O2/c1-14(26)15-6-4-7-18(9-15)25-21(27)17-10-19(13-23-11-17)24-12-16-5-2-3-8-20(16)22/h2-11,13,24H,12H2,1H3,(H,25,27). The molecule has 3 rings (SSSR count). The third kappa shape index (κ3) is 4.76. The first-order valence-electron chi connectivity index (χ1n) is 8.37. The number of Topliss-reactive ketones (excluding diaryl/α,β-unsaturated/α-hetero) is 1. The van der Waals surface area contributed by atoms with Crippen LogP contribution in [0.25, 0.3) is 0 Å². The minimum Gasteiger partial charge on any atom is -0.380 e. The number of carbonyl (C=O) groups excluding carboxylic acids is 2. The third-order valence-electron chi connectivity index (χ3n) is 3.97. The quantitative estimate of drug-likeness (QED) is 0.641. The minimum atomic E-state index is -0.349. The highest BCUT2D eigenvalue weighted by molar-refractivity contribution is 6.05. The second-order valence-electron chi connectivity index (χ2n) is 6.00. The molecule has 5 nitrogen and oxygen atoms in total. The second kappa shape index (κ2) is 8.23. The van der Waals surface area contributed by atoms with Crippen LogP contribution in [0.5, 0.6) is 0 Å². The predicted octanol–water partition coefficient (Wildman–Crippen LogP) is 4.29. The molecule has 0 radical (unpaired) electrons. The van der Waals surface area contributed by atoms with Crippen LogP contribution in [-0.2, 0) is 6.54 Å². The van der Waals surface area contributed by atoms with E-state index in [0.717, 1.165) is 0 Å². The number of nitrogens with one attached hydrogen (secondary N) is 2. The number of aromatic nitrogens is 1. The van der Waals surface area contributed by atoms with E-state index in [1.54, 1.807) is 54.7 Å². The van der Waals surface area contributed by atoms with Gasteiger partial charge in [0.15, 0.2) is 5.78 Å². The van der Waals surface area contributed by atoms with Gasteiger partial charge in [-0.05, 0) is 31.2 Å². The summed E-state index contributed by atoms with van der Waals surface area (Å²) < 4.78 is 13.7. The van der Waals surface area contributed by atoms with Crippen molar-refractivity contribution in [2.45, 2.75) is 13.5 Å². The fourth-order valence-electron chi connectivity index (χ4n) is 2.52. The van der Waals surface area contributed by atoms with E-state index in [0.29, 0.717) is 28.1 Å². The van der Waals surface area contributed by atoms with E-state index >= 15 is 0 Å². The molecule has 6 heteroatoms. The average Bonchev–Trinajstić information content (AvgIpc) is 2.68. The Kier molecular flexibility index (Phi) is 5.56. The molecule has 0 aliphatic heterocycles. The third-order valence-corrected chi connectivity index (χ3v) is 3.97. The molecule has 0 saturated carbocycles. The predicted molar refractivity (Wildman–Crippen MR) is 102 cm³/mol. The molecule has 0 saturated heterocycles. The van der Waals surface area contributed by atoms with Crippen LogP contribution in [0, 0.1) is 5.82 Å². The van der Waals surface area contributed by atoms with Crippen LogP contribution < -0.4 is 10.6 Å². The minimum absolute atomic E-state index is 0.0768. The molecule has 1 amide bonds. The van der Waals surface area contributed by atoms with Gasteiger partial charge in [0.25, 0.3) is 5.91 Å². The summed E-state index contributed by atoms with van der Waals surface area (Å²) in [4.78, 5) is 28.0. The monoisotopic (exact) mass is 363 g/mol. The van der Waals surface area contributed by atoms with Crippen LogP contribution in [0.4, 0.5) is 15.8 Å². The van der Waals surface area contributed by atoms with Gasteiger partial charge in [-0.15, -0.1) is 0 Å². The van der Waals surface area contributed by atoms with Crippen LogP contribution in [0.2, 0.25) is 0 Å². The number of benzene rings is 2. The Morgan fingerprint density at radius 1 is 0.963 bits per heavy atom. The van der Waals surface area contributed by atoms with Crippen molar-refractivity contribution in [2.75, 3.05) is 10.6 Å².